The highest BCUT2D eigenvalue weighted by molar-refractivity contribution is 5.76. The third-order valence-electron chi connectivity index (χ3n) is 3.23. The average molecular weight is 297 g/mol. The van der Waals surface area contributed by atoms with Gasteiger partial charge in [-0.25, -0.2) is 0 Å². The van der Waals surface area contributed by atoms with Gasteiger partial charge < -0.3 is 10.2 Å². The Hall–Kier alpha value is -1.96. The molecule has 0 aliphatic heterocycles. The fourth-order valence-electron chi connectivity index (χ4n) is 2.05. The van der Waals surface area contributed by atoms with Crippen LogP contribution >= 0.6 is 0 Å². The van der Waals surface area contributed by atoms with Crippen molar-refractivity contribution in [1.29, 1.82) is 0 Å². The van der Waals surface area contributed by atoms with Crippen molar-refractivity contribution in [2.75, 3.05) is 19.6 Å². The highest BCUT2D eigenvalue weighted by atomic mass is 16.6. The number of amides is 1. The van der Waals surface area contributed by atoms with Gasteiger partial charge in [-0.2, -0.15) is 5.10 Å². The second kappa shape index (κ2) is 8.35. The summed E-state index contributed by atoms with van der Waals surface area (Å²) in [6.45, 7) is 9.19. The first-order valence-electron chi connectivity index (χ1n) is 7.14. The van der Waals surface area contributed by atoms with E-state index in [4.69, 9.17) is 0 Å². The molecule has 0 saturated heterocycles. The summed E-state index contributed by atoms with van der Waals surface area (Å²) in [7, 11) is 0. The predicted octanol–water partition coefficient (Wildman–Crippen LogP) is 1.03. The number of nitrogens with zero attached hydrogens (tertiary/aromatic N) is 4. The summed E-state index contributed by atoms with van der Waals surface area (Å²) in [5.74, 6) is -0.0761. The van der Waals surface area contributed by atoms with E-state index < -0.39 is 4.92 Å². The molecule has 1 aromatic rings. The van der Waals surface area contributed by atoms with E-state index in [1.807, 2.05) is 6.92 Å². The Kier molecular flexibility index (Phi) is 6.80. The number of aryl methyl sites for hydroxylation is 1. The zero-order valence-corrected chi connectivity index (χ0v) is 12.8. The van der Waals surface area contributed by atoms with E-state index in [2.05, 4.69) is 29.2 Å². The molecule has 0 radical (unpaired) electrons. The molecule has 1 heterocycles. The molecule has 8 nitrogen and oxygen atoms in total. The van der Waals surface area contributed by atoms with Crippen molar-refractivity contribution < 1.29 is 9.72 Å². The first-order chi connectivity index (χ1) is 9.96. The third kappa shape index (κ3) is 5.90. The van der Waals surface area contributed by atoms with E-state index in [9.17, 15) is 14.9 Å². The van der Waals surface area contributed by atoms with E-state index in [-0.39, 0.29) is 24.1 Å². The topological polar surface area (TPSA) is 93.3 Å². The van der Waals surface area contributed by atoms with Gasteiger partial charge in [-0.15, -0.1) is 0 Å². The van der Waals surface area contributed by atoms with Crippen molar-refractivity contribution >= 4 is 11.6 Å². The number of nitro groups is 1. The number of hydrogen-bond donors (Lipinski definition) is 1. The van der Waals surface area contributed by atoms with Crippen molar-refractivity contribution in [1.82, 2.24) is 20.0 Å². The second-order valence-electron chi connectivity index (χ2n) is 4.92. The van der Waals surface area contributed by atoms with Gasteiger partial charge in [-0.3, -0.25) is 19.6 Å². The maximum absolute atomic E-state index is 11.8. The fourth-order valence-corrected chi connectivity index (χ4v) is 2.05. The maximum atomic E-state index is 11.8. The Bertz CT molecular complexity index is 470. The molecule has 0 spiro atoms. The molecular weight excluding hydrogens is 274 g/mol. The lowest BCUT2D eigenvalue weighted by atomic mass is 10.2. The van der Waals surface area contributed by atoms with Crippen LogP contribution in [0.4, 0.5) is 5.69 Å². The zero-order chi connectivity index (χ0) is 15.8. The molecule has 0 bridgehead atoms. The van der Waals surface area contributed by atoms with Gasteiger partial charge in [0.1, 0.15) is 12.4 Å². The first kappa shape index (κ1) is 17.1. The fraction of sp³-hybridized carbons (Fsp3) is 0.692. The van der Waals surface area contributed by atoms with E-state index in [0.29, 0.717) is 6.54 Å². The monoisotopic (exact) mass is 297 g/mol. The number of rotatable bonds is 9. The van der Waals surface area contributed by atoms with Crippen molar-refractivity contribution in [3.8, 4) is 0 Å². The normalized spacial score (nSPS) is 12.4. The highest BCUT2D eigenvalue weighted by Crippen LogP contribution is 2.07. The maximum Gasteiger partial charge on any atom is 0.306 e. The molecule has 1 amide bonds. The van der Waals surface area contributed by atoms with Crippen LogP contribution in [0, 0.1) is 10.1 Å². The van der Waals surface area contributed by atoms with Crippen LogP contribution in [0.2, 0.25) is 0 Å². The van der Waals surface area contributed by atoms with Crippen molar-refractivity contribution in [3.05, 3.63) is 22.5 Å². The minimum Gasteiger partial charge on any atom is -0.352 e. The molecule has 0 aliphatic carbocycles. The molecule has 1 aromatic heterocycles. The Labute approximate surface area is 124 Å². The number of carbonyl (C=O) groups is 1. The third-order valence-corrected chi connectivity index (χ3v) is 3.23. The molecule has 8 heteroatoms. The largest absolute Gasteiger partial charge is 0.352 e. The lowest BCUT2D eigenvalue weighted by molar-refractivity contribution is -0.385. The Morgan fingerprint density at radius 1 is 1.52 bits per heavy atom. The van der Waals surface area contributed by atoms with Gasteiger partial charge >= 0.3 is 5.69 Å². The summed E-state index contributed by atoms with van der Waals surface area (Å²) in [5.41, 5.74) is -0.0645. The van der Waals surface area contributed by atoms with Crippen molar-refractivity contribution in [2.45, 2.75) is 39.8 Å². The number of carbonyl (C=O) groups excluding carboxylic acids is 1. The molecule has 0 aliphatic rings. The van der Waals surface area contributed by atoms with Crippen LogP contribution in [-0.2, 0) is 11.3 Å². The molecular formula is C13H23N5O3. The van der Waals surface area contributed by atoms with Gasteiger partial charge in [0.2, 0.25) is 5.91 Å². The van der Waals surface area contributed by atoms with Gasteiger partial charge in [0.25, 0.3) is 0 Å². The van der Waals surface area contributed by atoms with E-state index in [1.54, 1.807) is 0 Å². The molecule has 0 unspecified atom stereocenters. The standard InChI is InChI=1S/C13H23N5O3/c1-4-16(5-2)9-11(3)15-13(19)6-7-17-10-12(8-14-17)18(20)21/h8,10-11H,4-7,9H2,1-3H3,(H,15,19)/t11-/m1/s1. The number of nitrogens with one attached hydrogen (secondary N) is 1. The average Bonchev–Trinajstić information content (AvgIpc) is 2.91. The molecule has 21 heavy (non-hydrogen) atoms. The lowest BCUT2D eigenvalue weighted by Crippen LogP contribution is -2.42. The summed E-state index contributed by atoms with van der Waals surface area (Å²) >= 11 is 0. The summed E-state index contributed by atoms with van der Waals surface area (Å²) in [4.78, 5) is 24.1. The molecule has 0 aromatic carbocycles. The van der Waals surface area contributed by atoms with Gasteiger partial charge in [-0.1, -0.05) is 13.8 Å². The summed E-state index contributed by atoms with van der Waals surface area (Å²) < 4.78 is 1.41. The molecule has 1 rings (SSSR count). The first-order valence-corrected chi connectivity index (χ1v) is 7.14. The van der Waals surface area contributed by atoms with Crippen LogP contribution in [0.25, 0.3) is 0 Å². The smallest absolute Gasteiger partial charge is 0.306 e. The molecule has 0 fully saturated rings. The molecule has 1 atom stereocenters. The minimum absolute atomic E-state index is 0.0645. The zero-order valence-electron chi connectivity index (χ0n) is 12.8. The Balaban J connectivity index is 2.34. The lowest BCUT2D eigenvalue weighted by Gasteiger charge is -2.23. The Morgan fingerprint density at radius 2 is 2.19 bits per heavy atom. The van der Waals surface area contributed by atoms with Gasteiger partial charge in [0, 0.05) is 25.6 Å². The SMILES string of the molecule is CCN(CC)C[C@@H](C)NC(=O)CCn1cc([N+](=O)[O-])cn1. The van der Waals surface area contributed by atoms with E-state index in [1.165, 1.54) is 17.1 Å². The number of hydrogen-bond acceptors (Lipinski definition) is 5. The van der Waals surface area contributed by atoms with Crippen LogP contribution in [0.1, 0.15) is 27.2 Å². The van der Waals surface area contributed by atoms with Crippen molar-refractivity contribution in [3.63, 3.8) is 0 Å². The van der Waals surface area contributed by atoms with Crippen LogP contribution in [0.15, 0.2) is 12.4 Å². The minimum atomic E-state index is -0.504. The number of aromatic nitrogens is 2. The second-order valence-corrected chi connectivity index (χ2v) is 4.92. The quantitative estimate of drug-likeness (QED) is 0.542. The van der Waals surface area contributed by atoms with Gasteiger partial charge in [-0.05, 0) is 20.0 Å². The van der Waals surface area contributed by atoms with Crippen molar-refractivity contribution in [2.24, 2.45) is 0 Å². The van der Waals surface area contributed by atoms with Gasteiger partial charge in [0.05, 0.1) is 4.92 Å². The predicted molar refractivity (Wildman–Crippen MR) is 78.9 cm³/mol. The van der Waals surface area contributed by atoms with Crippen LogP contribution in [0.3, 0.4) is 0 Å². The highest BCUT2D eigenvalue weighted by Gasteiger charge is 2.12. The molecule has 0 saturated carbocycles. The number of likely N-dealkylation sites (N-methyl/N-ethyl adjacent to an activating group) is 1. The van der Waals surface area contributed by atoms with E-state index >= 15 is 0 Å². The summed E-state index contributed by atoms with van der Waals surface area (Å²) in [6.07, 6.45) is 2.76. The molecule has 118 valence electrons. The van der Waals surface area contributed by atoms with Crippen LogP contribution in [0.5, 0.6) is 0 Å². The summed E-state index contributed by atoms with van der Waals surface area (Å²) in [6, 6.07) is 0.0735. The van der Waals surface area contributed by atoms with E-state index in [0.717, 1.165) is 19.6 Å². The molecule has 1 N–H and O–H groups in total. The Morgan fingerprint density at radius 3 is 2.71 bits per heavy atom. The van der Waals surface area contributed by atoms with Crippen LogP contribution in [-0.4, -0.2) is 51.2 Å². The summed E-state index contributed by atoms with van der Waals surface area (Å²) in [5, 5.41) is 17.3. The van der Waals surface area contributed by atoms with Gasteiger partial charge in [0.15, 0.2) is 0 Å². The van der Waals surface area contributed by atoms with Crippen LogP contribution < -0.4 is 5.32 Å².